The number of rotatable bonds is 4. The molecule has 3 amide bonds. The lowest BCUT2D eigenvalue weighted by Gasteiger charge is -2.42. The van der Waals surface area contributed by atoms with E-state index in [1.54, 1.807) is 4.90 Å². The van der Waals surface area contributed by atoms with E-state index < -0.39 is 17.5 Å². The smallest absolute Gasteiger partial charge is 0.319 e. The Morgan fingerprint density at radius 2 is 2.00 bits per heavy atom. The fourth-order valence-corrected chi connectivity index (χ4v) is 4.53. The number of hydrogen-bond donors (Lipinski definition) is 2. The van der Waals surface area contributed by atoms with Crippen LogP contribution >= 0.6 is 0 Å². The summed E-state index contributed by atoms with van der Waals surface area (Å²) in [4.78, 5) is 31.8. The molecule has 0 saturated carbocycles. The largest absolute Gasteiger partial charge is 0.321 e. The Kier molecular flexibility index (Phi) is 6.14. The molecule has 0 spiro atoms. The number of hydrogen-bond acceptors (Lipinski definition) is 4. The van der Waals surface area contributed by atoms with Crippen molar-refractivity contribution < 1.29 is 18.4 Å². The van der Waals surface area contributed by atoms with Crippen LogP contribution in [0.25, 0.3) is 0 Å². The molecule has 2 aromatic rings. The van der Waals surface area contributed by atoms with Crippen molar-refractivity contribution in [3.63, 3.8) is 0 Å². The van der Waals surface area contributed by atoms with Crippen molar-refractivity contribution >= 4 is 17.8 Å². The summed E-state index contributed by atoms with van der Waals surface area (Å²) in [7, 11) is 0. The molecule has 1 aromatic heterocycles. The number of nitrogens with one attached hydrogen (secondary N) is 2. The molecule has 1 saturated heterocycles. The van der Waals surface area contributed by atoms with E-state index in [1.165, 1.54) is 0 Å². The highest BCUT2D eigenvalue weighted by molar-refractivity contribution is 6.04. The second-order valence-electron chi connectivity index (χ2n) is 8.47. The summed E-state index contributed by atoms with van der Waals surface area (Å²) in [6, 6.07) is 2.59. The van der Waals surface area contributed by atoms with Gasteiger partial charge in [-0.05, 0) is 38.9 Å². The summed E-state index contributed by atoms with van der Waals surface area (Å²) in [5.41, 5.74) is 1.16. The van der Waals surface area contributed by atoms with Crippen LogP contribution in [0.15, 0.2) is 18.2 Å². The minimum atomic E-state index is -0.948. The molecule has 0 radical (unpaired) electrons. The minimum absolute atomic E-state index is 0.0485. The minimum Gasteiger partial charge on any atom is -0.319 e. The van der Waals surface area contributed by atoms with Gasteiger partial charge in [0.05, 0.1) is 23.8 Å². The van der Waals surface area contributed by atoms with Crippen LogP contribution in [0.4, 0.5) is 19.4 Å². The Morgan fingerprint density at radius 1 is 1.22 bits per heavy atom. The van der Waals surface area contributed by atoms with Crippen LogP contribution in [0.2, 0.25) is 0 Å². The monoisotopic (exact) mass is 446 g/mol. The topological polar surface area (TPSA) is 84.6 Å². The van der Waals surface area contributed by atoms with Gasteiger partial charge in [-0.15, -0.1) is 0 Å². The maximum atomic E-state index is 14.0. The maximum absolute atomic E-state index is 14.0. The quantitative estimate of drug-likeness (QED) is 0.755. The first-order valence-corrected chi connectivity index (χ1v) is 10.9. The van der Waals surface area contributed by atoms with E-state index in [-0.39, 0.29) is 36.0 Å². The van der Waals surface area contributed by atoms with E-state index in [2.05, 4.69) is 34.3 Å². The molecule has 172 valence electrons. The van der Waals surface area contributed by atoms with Gasteiger partial charge in [0.2, 0.25) is 0 Å². The average molecular weight is 447 g/mol. The van der Waals surface area contributed by atoms with Crippen molar-refractivity contribution in [1.82, 2.24) is 24.9 Å². The molecule has 2 unspecified atom stereocenters. The van der Waals surface area contributed by atoms with Crippen LogP contribution in [0.1, 0.15) is 54.8 Å². The number of halogens is 2. The summed E-state index contributed by atoms with van der Waals surface area (Å²) in [6.45, 7) is 9.80. The normalized spacial score (nSPS) is 21.0. The van der Waals surface area contributed by atoms with E-state index in [0.717, 1.165) is 43.9 Å². The standard InChI is InChI=1S/C22H28F2N6O2/c1-4-7-28-8-9-29(13(2)11-28)22(32)30-12-17-19(14(30)3)26-27-20(17)25-21(31)16-6-5-15(23)10-18(16)24/h5-6,10,13-14H,4,7-9,11-12H2,1-3H3,(H2,25,26,27,31). The molecule has 0 bridgehead atoms. The molecule has 8 nitrogen and oxygen atoms in total. The molecular formula is C22H28F2N6O2. The summed E-state index contributed by atoms with van der Waals surface area (Å²) in [5, 5.41) is 9.63. The third-order valence-corrected chi connectivity index (χ3v) is 6.26. The first-order chi connectivity index (χ1) is 15.3. The molecule has 4 rings (SSSR count). The third kappa shape index (κ3) is 4.06. The number of amides is 3. The van der Waals surface area contributed by atoms with Crippen molar-refractivity contribution in [3.05, 3.63) is 46.7 Å². The molecule has 0 aliphatic carbocycles. The predicted octanol–water partition coefficient (Wildman–Crippen LogP) is 3.35. The Hall–Kier alpha value is -3.01. The highest BCUT2D eigenvalue weighted by Crippen LogP contribution is 2.37. The van der Waals surface area contributed by atoms with Gasteiger partial charge in [0.25, 0.3) is 5.91 Å². The van der Waals surface area contributed by atoms with Gasteiger partial charge in [0.1, 0.15) is 11.6 Å². The molecule has 2 atom stereocenters. The zero-order valence-corrected chi connectivity index (χ0v) is 18.5. The molecule has 1 aromatic carbocycles. The summed E-state index contributed by atoms with van der Waals surface area (Å²) >= 11 is 0. The predicted molar refractivity (Wildman–Crippen MR) is 115 cm³/mol. The number of aromatic nitrogens is 2. The van der Waals surface area contributed by atoms with Crippen LogP contribution in [-0.2, 0) is 6.54 Å². The van der Waals surface area contributed by atoms with Gasteiger partial charge >= 0.3 is 6.03 Å². The maximum Gasteiger partial charge on any atom is 0.321 e. The molecule has 2 aliphatic heterocycles. The third-order valence-electron chi connectivity index (χ3n) is 6.26. The number of carbonyl (C=O) groups is 2. The number of benzene rings is 1. The molecule has 1 fully saturated rings. The number of anilines is 1. The van der Waals surface area contributed by atoms with Gasteiger partial charge in [-0.1, -0.05) is 6.92 Å². The lowest BCUT2D eigenvalue weighted by molar-refractivity contribution is 0.0747. The van der Waals surface area contributed by atoms with Crippen LogP contribution in [0.5, 0.6) is 0 Å². The lowest BCUT2D eigenvalue weighted by atomic mass is 10.2. The number of fused-ring (bicyclic) bond motifs is 1. The molecule has 2 aliphatic rings. The molecule has 10 heteroatoms. The van der Waals surface area contributed by atoms with Crippen molar-refractivity contribution in [2.75, 3.05) is 31.5 Å². The second kappa shape index (κ2) is 8.85. The van der Waals surface area contributed by atoms with E-state index in [0.29, 0.717) is 18.2 Å². The summed E-state index contributed by atoms with van der Waals surface area (Å²) in [5.74, 6) is -2.19. The first kappa shape index (κ1) is 22.2. The zero-order valence-electron chi connectivity index (χ0n) is 18.5. The number of carbonyl (C=O) groups excluding carboxylic acids is 2. The van der Waals surface area contributed by atoms with Crippen LogP contribution in [0.3, 0.4) is 0 Å². The fraction of sp³-hybridized carbons (Fsp3) is 0.500. The van der Waals surface area contributed by atoms with Gasteiger partial charge in [-0.25, -0.2) is 13.6 Å². The Labute approximate surface area is 185 Å². The Morgan fingerprint density at radius 3 is 2.69 bits per heavy atom. The highest BCUT2D eigenvalue weighted by Gasteiger charge is 2.39. The Bertz CT molecular complexity index is 1030. The van der Waals surface area contributed by atoms with Crippen molar-refractivity contribution in [2.45, 2.75) is 45.8 Å². The van der Waals surface area contributed by atoms with E-state index >= 15 is 0 Å². The van der Waals surface area contributed by atoms with E-state index in [4.69, 9.17) is 0 Å². The second-order valence-corrected chi connectivity index (χ2v) is 8.47. The van der Waals surface area contributed by atoms with E-state index in [9.17, 15) is 18.4 Å². The van der Waals surface area contributed by atoms with Gasteiger partial charge in [-0.2, -0.15) is 5.10 Å². The SMILES string of the molecule is CCCN1CCN(C(=O)N2Cc3c(NC(=O)c4ccc(F)cc4F)n[nH]c3C2C)C(C)C1. The highest BCUT2D eigenvalue weighted by atomic mass is 19.1. The number of piperazine rings is 1. The van der Waals surface area contributed by atoms with Crippen molar-refractivity contribution in [3.8, 4) is 0 Å². The number of aromatic amines is 1. The number of H-pyrrole nitrogens is 1. The number of nitrogens with zero attached hydrogens (tertiary/aromatic N) is 4. The lowest BCUT2D eigenvalue weighted by Crippen LogP contribution is -2.56. The van der Waals surface area contributed by atoms with Crippen LogP contribution in [-0.4, -0.2) is 69.1 Å². The van der Waals surface area contributed by atoms with Gasteiger partial charge in [0.15, 0.2) is 5.82 Å². The molecular weight excluding hydrogens is 418 g/mol. The van der Waals surface area contributed by atoms with E-state index in [1.807, 2.05) is 11.8 Å². The van der Waals surface area contributed by atoms with Crippen molar-refractivity contribution in [1.29, 1.82) is 0 Å². The Balaban J connectivity index is 1.46. The van der Waals surface area contributed by atoms with Gasteiger partial charge < -0.3 is 15.1 Å². The van der Waals surface area contributed by atoms with Gasteiger partial charge in [0, 0.05) is 37.3 Å². The van der Waals surface area contributed by atoms with Crippen molar-refractivity contribution in [2.24, 2.45) is 0 Å². The summed E-state index contributed by atoms with van der Waals surface area (Å²) < 4.78 is 27.1. The fourth-order valence-electron chi connectivity index (χ4n) is 4.53. The average Bonchev–Trinajstić information content (AvgIpc) is 3.28. The van der Waals surface area contributed by atoms with Gasteiger partial charge in [-0.3, -0.25) is 14.8 Å². The molecule has 2 N–H and O–H groups in total. The molecule has 3 heterocycles. The molecule has 32 heavy (non-hydrogen) atoms. The summed E-state index contributed by atoms with van der Waals surface area (Å²) in [6.07, 6.45) is 1.09. The first-order valence-electron chi connectivity index (χ1n) is 10.9. The zero-order chi connectivity index (χ0) is 23.0. The van der Waals surface area contributed by atoms with Crippen LogP contribution < -0.4 is 5.32 Å². The number of urea groups is 1. The van der Waals surface area contributed by atoms with Crippen LogP contribution in [0, 0.1) is 11.6 Å².